The topological polar surface area (TPSA) is 81.7 Å². The summed E-state index contributed by atoms with van der Waals surface area (Å²) in [5.41, 5.74) is 5.20. The van der Waals surface area contributed by atoms with Gasteiger partial charge in [0.25, 0.3) is 5.91 Å². The van der Waals surface area contributed by atoms with E-state index < -0.39 is 5.91 Å². The quantitative estimate of drug-likeness (QED) is 0.579. The van der Waals surface area contributed by atoms with Gasteiger partial charge in [-0.1, -0.05) is 42.5 Å². The van der Waals surface area contributed by atoms with Crippen LogP contribution in [0.15, 0.2) is 53.6 Å². The number of hydrogen-bond donors (Lipinski definition) is 3. The van der Waals surface area contributed by atoms with Gasteiger partial charge in [-0.05, 0) is 36.0 Å². The number of nitrogens with one attached hydrogen (secondary N) is 2. The number of urea groups is 1. The third-order valence-electron chi connectivity index (χ3n) is 4.75. The molecule has 1 aliphatic heterocycles. The predicted molar refractivity (Wildman–Crippen MR) is 93.9 cm³/mol. The SMILES string of the molecule is O=C(NO)C1C=CC2=C(C1)CN(C(=O)NCCc1ccccc1)CC2. The summed E-state index contributed by atoms with van der Waals surface area (Å²) in [5.74, 6) is -0.780. The van der Waals surface area contributed by atoms with E-state index >= 15 is 0 Å². The molecule has 0 radical (unpaired) electrons. The van der Waals surface area contributed by atoms with Gasteiger partial charge in [0.05, 0.1) is 5.92 Å². The summed E-state index contributed by atoms with van der Waals surface area (Å²) < 4.78 is 0. The lowest BCUT2D eigenvalue weighted by Gasteiger charge is -2.33. The van der Waals surface area contributed by atoms with E-state index in [0.717, 1.165) is 18.4 Å². The fourth-order valence-electron chi connectivity index (χ4n) is 3.31. The first-order chi connectivity index (χ1) is 12.2. The molecule has 0 aromatic heterocycles. The monoisotopic (exact) mass is 341 g/mol. The van der Waals surface area contributed by atoms with Crippen LogP contribution in [0.5, 0.6) is 0 Å². The van der Waals surface area contributed by atoms with Crippen LogP contribution in [-0.4, -0.2) is 41.7 Å². The first kappa shape index (κ1) is 17.2. The number of hydrogen-bond acceptors (Lipinski definition) is 3. The predicted octanol–water partition coefficient (Wildman–Crippen LogP) is 2.02. The Morgan fingerprint density at radius 2 is 2.04 bits per heavy atom. The lowest BCUT2D eigenvalue weighted by Crippen LogP contribution is -2.45. The smallest absolute Gasteiger partial charge is 0.317 e. The number of allylic oxidation sites excluding steroid dienone is 1. The minimum absolute atomic E-state index is 0.0693. The molecule has 132 valence electrons. The van der Waals surface area contributed by atoms with Crippen LogP contribution in [0, 0.1) is 5.92 Å². The van der Waals surface area contributed by atoms with Crippen molar-refractivity contribution >= 4 is 11.9 Å². The molecule has 0 fully saturated rings. The van der Waals surface area contributed by atoms with Gasteiger partial charge in [-0.25, -0.2) is 10.3 Å². The third kappa shape index (κ3) is 4.28. The summed E-state index contributed by atoms with van der Waals surface area (Å²) in [7, 11) is 0. The van der Waals surface area contributed by atoms with Crippen molar-refractivity contribution in [1.29, 1.82) is 0 Å². The van der Waals surface area contributed by atoms with Gasteiger partial charge in [-0.2, -0.15) is 0 Å². The Morgan fingerprint density at radius 3 is 2.80 bits per heavy atom. The second kappa shape index (κ2) is 7.98. The summed E-state index contributed by atoms with van der Waals surface area (Å²) in [6.45, 7) is 1.81. The van der Waals surface area contributed by atoms with Crippen molar-refractivity contribution in [1.82, 2.24) is 15.7 Å². The summed E-state index contributed by atoms with van der Waals surface area (Å²) in [6.07, 6.45) is 5.91. The lowest BCUT2D eigenvalue weighted by molar-refractivity contribution is -0.131. The highest BCUT2D eigenvalue weighted by Gasteiger charge is 2.27. The van der Waals surface area contributed by atoms with Crippen molar-refractivity contribution in [2.45, 2.75) is 19.3 Å². The highest BCUT2D eigenvalue weighted by atomic mass is 16.5. The molecule has 1 aromatic rings. The van der Waals surface area contributed by atoms with E-state index in [0.29, 0.717) is 26.1 Å². The van der Waals surface area contributed by atoms with E-state index in [1.54, 1.807) is 10.4 Å². The number of rotatable bonds is 4. The minimum atomic E-state index is -0.410. The molecule has 0 spiro atoms. The number of carbonyl (C=O) groups is 2. The van der Waals surface area contributed by atoms with Crippen LogP contribution in [0.3, 0.4) is 0 Å². The van der Waals surface area contributed by atoms with Crippen molar-refractivity contribution in [2.75, 3.05) is 19.6 Å². The molecule has 0 saturated heterocycles. The number of nitrogens with zero attached hydrogens (tertiary/aromatic N) is 1. The van der Waals surface area contributed by atoms with Gasteiger partial charge in [-0.3, -0.25) is 10.0 Å². The number of benzene rings is 1. The fourth-order valence-corrected chi connectivity index (χ4v) is 3.31. The third-order valence-corrected chi connectivity index (χ3v) is 4.75. The highest BCUT2D eigenvalue weighted by Crippen LogP contribution is 2.29. The Morgan fingerprint density at radius 1 is 1.24 bits per heavy atom. The molecule has 1 aliphatic carbocycles. The number of hydroxylamine groups is 1. The van der Waals surface area contributed by atoms with E-state index in [9.17, 15) is 9.59 Å². The van der Waals surface area contributed by atoms with Gasteiger partial charge >= 0.3 is 6.03 Å². The summed E-state index contributed by atoms with van der Waals surface area (Å²) >= 11 is 0. The van der Waals surface area contributed by atoms with Gasteiger partial charge in [0.2, 0.25) is 0 Å². The molecule has 1 atom stereocenters. The van der Waals surface area contributed by atoms with Crippen molar-refractivity contribution in [3.63, 3.8) is 0 Å². The molecule has 6 heteroatoms. The second-order valence-electron chi connectivity index (χ2n) is 6.41. The Labute approximate surface area is 147 Å². The molecule has 3 amide bonds. The van der Waals surface area contributed by atoms with E-state index in [1.807, 2.05) is 42.5 Å². The van der Waals surface area contributed by atoms with Crippen molar-refractivity contribution in [3.8, 4) is 0 Å². The zero-order valence-electron chi connectivity index (χ0n) is 14.1. The molecule has 25 heavy (non-hydrogen) atoms. The maximum absolute atomic E-state index is 12.4. The average molecular weight is 341 g/mol. The zero-order valence-corrected chi connectivity index (χ0v) is 14.1. The van der Waals surface area contributed by atoms with Crippen LogP contribution in [0.4, 0.5) is 4.79 Å². The molecule has 1 aromatic carbocycles. The molecule has 0 bridgehead atoms. The molecule has 1 unspecified atom stereocenters. The Hall–Kier alpha value is -2.60. The Bertz CT molecular complexity index is 697. The minimum Gasteiger partial charge on any atom is -0.338 e. The van der Waals surface area contributed by atoms with Gasteiger partial charge in [-0.15, -0.1) is 0 Å². The second-order valence-corrected chi connectivity index (χ2v) is 6.41. The van der Waals surface area contributed by atoms with E-state index in [1.165, 1.54) is 11.1 Å². The molecular formula is C19H23N3O3. The van der Waals surface area contributed by atoms with Gasteiger partial charge < -0.3 is 10.2 Å². The fraction of sp³-hybridized carbons (Fsp3) is 0.368. The Kier molecular flexibility index (Phi) is 5.50. The first-order valence-electron chi connectivity index (χ1n) is 8.57. The molecular weight excluding hydrogens is 318 g/mol. The van der Waals surface area contributed by atoms with Crippen molar-refractivity contribution in [2.24, 2.45) is 5.92 Å². The van der Waals surface area contributed by atoms with Crippen LogP contribution in [0.1, 0.15) is 18.4 Å². The molecule has 6 nitrogen and oxygen atoms in total. The lowest BCUT2D eigenvalue weighted by atomic mass is 9.86. The molecule has 0 saturated carbocycles. The van der Waals surface area contributed by atoms with E-state index in [2.05, 4.69) is 5.32 Å². The van der Waals surface area contributed by atoms with E-state index in [4.69, 9.17) is 5.21 Å². The van der Waals surface area contributed by atoms with E-state index in [-0.39, 0.29) is 11.9 Å². The van der Waals surface area contributed by atoms with Crippen molar-refractivity contribution < 1.29 is 14.8 Å². The van der Waals surface area contributed by atoms with Crippen LogP contribution < -0.4 is 10.8 Å². The standard InChI is InChI=1S/C19H23N3O3/c23-18(21-25)16-7-6-15-9-11-22(13-17(15)12-16)19(24)20-10-8-14-4-2-1-3-5-14/h1-7,16,25H,8-13H2,(H,20,24)(H,21,23). The molecule has 3 N–H and O–H groups in total. The van der Waals surface area contributed by atoms with Crippen LogP contribution >= 0.6 is 0 Å². The highest BCUT2D eigenvalue weighted by molar-refractivity contribution is 5.80. The van der Waals surface area contributed by atoms with Gasteiger partial charge in [0.15, 0.2) is 0 Å². The normalized spacial score (nSPS) is 19.4. The number of amides is 3. The molecule has 2 aliphatic rings. The van der Waals surface area contributed by atoms with Crippen molar-refractivity contribution in [3.05, 3.63) is 59.2 Å². The molecule has 1 heterocycles. The summed E-state index contributed by atoms with van der Waals surface area (Å²) in [5, 5.41) is 11.8. The van der Waals surface area contributed by atoms with Crippen LogP contribution in [-0.2, 0) is 11.2 Å². The maximum Gasteiger partial charge on any atom is 0.317 e. The first-order valence-corrected chi connectivity index (χ1v) is 8.57. The maximum atomic E-state index is 12.4. The zero-order chi connectivity index (χ0) is 17.6. The molecule has 3 rings (SSSR count). The Balaban J connectivity index is 1.51. The number of carbonyl (C=O) groups excluding carboxylic acids is 2. The largest absolute Gasteiger partial charge is 0.338 e. The van der Waals surface area contributed by atoms with Gasteiger partial charge in [0, 0.05) is 19.6 Å². The summed E-state index contributed by atoms with van der Waals surface area (Å²) in [4.78, 5) is 25.8. The van der Waals surface area contributed by atoms with Crippen LogP contribution in [0.2, 0.25) is 0 Å². The summed E-state index contributed by atoms with van der Waals surface area (Å²) in [6, 6.07) is 9.98. The van der Waals surface area contributed by atoms with Crippen LogP contribution in [0.25, 0.3) is 0 Å². The van der Waals surface area contributed by atoms with Gasteiger partial charge in [0.1, 0.15) is 0 Å². The average Bonchev–Trinajstić information content (AvgIpc) is 2.67.